The minimum absolute atomic E-state index is 0.0558. The maximum Gasteiger partial charge on any atom is 0.0845 e. The number of hydrogen-bond donors (Lipinski definition) is 0. The molecule has 1 unspecified atom stereocenters. The summed E-state index contributed by atoms with van der Waals surface area (Å²) in [4.78, 5) is 0. The van der Waals surface area contributed by atoms with Crippen LogP contribution in [0.15, 0.2) is 0 Å². The number of rotatable bonds is 2. The van der Waals surface area contributed by atoms with Gasteiger partial charge in [0.2, 0.25) is 0 Å². The van der Waals surface area contributed by atoms with Gasteiger partial charge in [-0.15, -0.1) is 11.6 Å². The van der Waals surface area contributed by atoms with Gasteiger partial charge < -0.3 is 4.74 Å². The molecule has 2 rings (SSSR count). The molecule has 2 aliphatic rings. The first-order valence-electron chi connectivity index (χ1n) is 6.07. The zero-order valence-electron chi connectivity index (χ0n) is 8.93. The second kappa shape index (κ2) is 4.85. The van der Waals surface area contributed by atoms with Crippen molar-refractivity contribution in [1.29, 1.82) is 0 Å². The predicted molar refractivity (Wildman–Crippen MR) is 59.8 cm³/mol. The summed E-state index contributed by atoms with van der Waals surface area (Å²) < 4.78 is 6.02. The van der Waals surface area contributed by atoms with Gasteiger partial charge in [0.15, 0.2) is 0 Å². The van der Waals surface area contributed by atoms with Crippen molar-refractivity contribution in [2.24, 2.45) is 5.92 Å². The van der Waals surface area contributed by atoms with Gasteiger partial charge in [0.1, 0.15) is 0 Å². The maximum atomic E-state index is 6.15. The molecule has 0 aromatic carbocycles. The van der Waals surface area contributed by atoms with Crippen LogP contribution >= 0.6 is 11.6 Å². The van der Waals surface area contributed by atoms with Gasteiger partial charge in [0, 0.05) is 6.61 Å². The molecule has 0 N–H and O–H groups in total. The summed E-state index contributed by atoms with van der Waals surface area (Å²) in [6.07, 6.45) is 10.6. The lowest BCUT2D eigenvalue weighted by Gasteiger charge is -2.43. The first-order chi connectivity index (χ1) is 6.87. The average molecular weight is 217 g/mol. The van der Waals surface area contributed by atoms with E-state index in [1.165, 1.54) is 51.4 Å². The topological polar surface area (TPSA) is 9.23 Å². The third kappa shape index (κ3) is 2.09. The normalized spacial score (nSPS) is 35.8. The molecule has 0 aromatic heterocycles. The third-order valence-electron chi connectivity index (χ3n) is 3.96. The molecule has 0 radical (unpaired) electrons. The van der Waals surface area contributed by atoms with E-state index in [0.29, 0.717) is 5.88 Å². The molecular formula is C12H21ClO. The lowest BCUT2D eigenvalue weighted by Crippen LogP contribution is -2.46. The van der Waals surface area contributed by atoms with Gasteiger partial charge in [-0.1, -0.05) is 19.3 Å². The molecular weight excluding hydrogens is 196 g/mol. The van der Waals surface area contributed by atoms with E-state index in [9.17, 15) is 0 Å². The van der Waals surface area contributed by atoms with Gasteiger partial charge in [0.25, 0.3) is 0 Å². The molecule has 0 spiro atoms. The summed E-state index contributed by atoms with van der Waals surface area (Å²) in [6, 6.07) is 0. The fourth-order valence-corrected chi connectivity index (χ4v) is 3.47. The minimum atomic E-state index is 0.0558. The van der Waals surface area contributed by atoms with E-state index >= 15 is 0 Å². The first kappa shape index (κ1) is 10.8. The second-order valence-electron chi connectivity index (χ2n) is 4.84. The third-order valence-corrected chi connectivity index (χ3v) is 4.41. The Kier molecular flexibility index (Phi) is 3.73. The van der Waals surface area contributed by atoms with E-state index in [-0.39, 0.29) is 5.60 Å². The van der Waals surface area contributed by atoms with Crippen LogP contribution in [0.2, 0.25) is 0 Å². The summed E-state index contributed by atoms with van der Waals surface area (Å²) in [6.45, 7) is 0.934. The molecule has 1 nitrogen and oxygen atoms in total. The highest BCUT2D eigenvalue weighted by molar-refractivity contribution is 6.18. The lowest BCUT2D eigenvalue weighted by molar-refractivity contribution is -0.109. The van der Waals surface area contributed by atoms with Gasteiger partial charge in [-0.05, 0) is 38.0 Å². The highest BCUT2D eigenvalue weighted by Crippen LogP contribution is 2.41. The van der Waals surface area contributed by atoms with Crippen LogP contribution in [0.1, 0.15) is 51.4 Å². The van der Waals surface area contributed by atoms with Crippen molar-refractivity contribution in [2.75, 3.05) is 12.5 Å². The van der Waals surface area contributed by atoms with Crippen LogP contribution in [0, 0.1) is 5.92 Å². The van der Waals surface area contributed by atoms with Crippen molar-refractivity contribution in [3.63, 3.8) is 0 Å². The Morgan fingerprint density at radius 2 is 1.86 bits per heavy atom. The molecule has 2 heteroatoms. The summed E-state index contributed by atoms with van der Waals surface area (Å²) in [5.74, 6) is 1.45. The molecule has 1 aliphatic heterocycles. The molecule has 1 saturated heterocycles. The van der Waals surface area contributed by atoms with E-state index in [0.717, 1.165) is 12.5 Å². The van der Waals surface area contributed by atoms with Crippen LogP contribution in [-0.4, -0.2) is 18.1 Å². The minimum Gasteiger partial charge on any atom is -0.373 e. The molecule has 1 heterocycles. The van der Waals surface area contributed by atoms with E-state index in [1.54, 1.807) is 0 Å². The Labute approximate surface area is 92.2 Å². The fourth-order valence-electron chi connectivity index (χ4n) is 3.04. The molecule has 1 atom stereocenters. The standard InChI is InChI=1S/C12H21ClO/c13-10-12(8-4-5-9-14-12)11-6-2-1-3-7-11/h11H,1-10H2. The van der Waals surface area contributed by atoms with Crippen LogP contribution in [0.4, 0.5) is 0 Å². The van der Waals surface area contributed by atoms with Gasteiger partial charge in [-0.25, -0.2) is 0 Å². The number of ether oxygens (including phenoxy) is 1. The molecule has 1 saturated carbocycles. The van der Waals surface area contributed by atoms with E-state index < -0.39 is 0 Å². The molecule has 0 bridgehead atoms. The van der Waals surface area contributed by atoms with Gasteiger partial charge >= 0.3 is 0 Å². The predicted octanol–water partition coefficient (Wildman–Crippen LogP) is 3.74. The van der Waals surface area contributed by atoms with Crippen LogP contribution < -0.4 is 0 Å². The van der Waals surface area contributed by atoms with E-state index in [1.807, 2.05) is 0 Å². The number of hydrogen-bond acceptors (Lipinski definition) is 1. The molecule has 0 amide bonds. The Hall–Kier alpha value is 0.250. The smallest absolute Gasteiger partial charge is 0.0845 e. The average Bonchev–Trinajstić information content (AvgIpc) is 2.31. The van der Waals surface area contributed by atoms with Gasteiger partial charge in [-0.3, -0.25) is 0 Å². The van der Waals surface area contributed by atoms with Crippen LogP contribution in [-0.2, 0) is 4.74 Å². The second-order valence-corrected chi connectivity index (χ2v) is 5.11. The van der Waals surface area contributed by atoms with Crippen molar-refractivity contribution in [3.05, 3.63) is 0 Å². The van der Waals surface area contributed by atoms with E-state index in [2.05, 4.69) is 0 Å². The molecule has 82 valence electrons. The monoisotopic (exact) mass is 216 g/mol. The quantitative estimate of drug-likeness (QED) is 0.639. The van der Waals surface area contributed by atoms with Crippen LogP contribution in [0.3, 0.4) is 0 Å². The number of halogens is 1. The Morgan fingerprint density at radius 3 is 2.43 bits per heavy atom. The van der Waals surface area contributed by atoms with Crippen molar-refractivity contribution >= 4 is 11.6 Å². The first-order valence-corrected chi connectivity index (χ1v) is 6.61. The zero-order chi connectivity index (χ0) is 9.86. The largest absolute Gasteiger partial charge is 0.373 e. The maximum absolute atomic E-state index is 6.15. The van der Waals surface area contributed by atoms with Gasteiger partial charge in [0.05, 0.1) is 11.5 Å². The zero-order valence-corrected chi connectivity index (χ0v) is 9.69. The Bertz CT molecular complexity index is 169. The highest BCUT2D eigenvalue weighted by Gasteiger charge is 2.40. The summed E-state index contributed by atoms with van der Waals surface area (Å²) >= 11 is 6.15. The fraction of sp³-hybridized carbons (Fsp3) is 1.00. The van der Waals surface area contributed by atoms with Crippen molar-refractivity contribution in [1.82, 2.24) is 0 Å². The van der Waals surface area contributed by atoms with Crippen molar-refractivity contribution in [2.45, 2.75) is 57.0 Å². The lowest BCUT2D eigenvalue weighted by atomic mass is 9.74. The highest BCUT2D eigenvalue weighted by atomic mass is 35.5. The van der Waals surface area contributed by atoms with Crippen LogP contribution in [0.25, 0.3) is 0 Å². The van der Waals surface area contributed by atoms with Crippen LogP contribution in [0.5, 0.6) is 0 Å². The molecule has 14 heavy (non-hydrogen) atoms. The van der Waals surface area contributed by atoms with Crippen molar-refractivity contribution in [3.8, 4) is 0 Å². The molecule has 1 aliphatic carbocycles. The summed E-state index contributed by atoms with van der Waals surface area (Å²) in [7, 11) is 0. The number of alkyl halides is 1. The van der Waals surface area contributed by atoms with Crippen molar-refractivity contribution < 1.29 is 4.74 Å². The SMILES string of the molecule is ClCC1(C2CCCCC2)CCCCO1. The molecule has 2 fully saturated rings. The Balaban J connectivity index is 2.01. The Morgan fingerprint density at radius 1 is 1.07 bits per heavy atom. The van der Waals surface area contributed by atoms with Gasteiger partial charge in [-0.2, -0.15) is 0 Å². The molecule has 0 aromatic rings. The van der Waals surface area contributed by atoms with E-state index in [4.69, 9.17) is 16.3 Å². The summed E-state index contributed by atoms with van der Waals surface area (Å²) in [5, 5.41) is 0. The summed E-state index contributed by atoms with van der Waals surface area (Å²) in [5.41, 5.74) is 0.0558.